The lowest BCUT2D eigenvalue weighted by molar-refractivity contribution is -0.140. The average molecular weight is 243 g/mol. The predicted molar refractivity (Wildman–Crippen MR) is 67.8 cm³/mol. The topological polar surface area (TPSA) is 57.6 Å². The van der Waals surface area contributed by atoms with Crippen LogP contribution in [0, 0.1) is 5.41 Å². The van der Waals surface area contributed by atoms with Crippen molar-refractivity contribution in [2.45, 2.75) is 59.4 Å². The minimum Gasteiger partial charge on any atom is -0.481 e. The molecule has 0 aliphatic heterocycles. The Kier molecular flexibility index (Phi) is 6.21. The van der Waals surface area contributed by atoms with Crippen LogP contribution in [0.25, 0.3) is 0 Å². The number of nitrogens with zero attached hydrogens (tertiary/aromatic N) is 1. The summed E-state index contributed by atoms with van der Waals surface area (Å²) in [6.45, 7) is 7.74. The Morgan fingerprint density at radius 2 is 1.82 bits per heavy atom. The lowest BCUT2D eigenvalue weighted by Gasteiger charge is -2.29. The first-order chi connectivity index (χ1) is 7.69. The minimum absolute atomic E-state index is 0.0226. The minimum atomic E-state index is -0.855. The first-order valence-corrected chi connectivity index (χ1v) is 6.17. The highest BCUT2D eigenvalue weighted by molar-refractivity contribution is 5.78. The monoisotopic (exact) mass is 243 g/mol. The molecule has 1 unspecified atom stereocenters. The molecule has 0 saturated heterocycles. The van der Waals surface area contributed by atoms with E-state index >= 15 is 0 Å². The van der Waals surface area contributed by atoms with Gasteiger partial charge in [0.1, 0.15) is 0 Å². The van der Waals surface area contributed by atoms with Crippen molar-refractivity contribution >= 4 is 11.9 Å². The molecule has 0 rings (SSSR count). The molecule has 0 saturated carbocycles. The normalized spacial score (nSPS) is 13.2. The summed E-state index contributed by atoms with van der Waals surface area (Å²) in [4.78, 5) is 24.4. The van der Waals surface area contributed by atoms with Crippen molar-refractivity contribution in [3.05, 3.63) is 0 Å². The molecule has 1 amide bonds. The van der Waals surface area contributed by atoms with E-state index in [4.69, 9.17) is 5.11 Å². The lowest BCUT2D eigenvalue weighted by Crippen LogP contribution is -2.37. The van der Waals surface area contributed by atoms with E-state index in [2.05, 4.69) is 6.92 Å². The number of carboxylic acid groups (broad SMARTS) is 1. The fraction of sp³-hybridized carbons (Fsp3) is 0.846. The first-order valence-electron chi connectivity index (χ1n) is 6.17. The Labute approximate surface area is 104 Å². The second-order valence-corrected chi connectivity index (χ2v) is 5.55. The van der Waals surface area contributed by atoms with Crippen molar-refractivity contribution in [2.24, 2.45) is 5.41 Å². The third-order valence-electron chi connectivity index (χ3n) is 3.02. The van der Waals surface area contributed by atoms with E-state index < -0.39 is 11.4 Å². The number of carbonyl (C=O) groups is 2. The number of hydrogen-bond acceptors (Lipinski definition) is 2. The van der Waals surface area contributed by atoms with Crippen molar-refractivity contribution in [1.82, 2.24) is 4.90 Å². The van der Waals surface area contributed by atoms with Gasteiger partial charge >= 0.3 is 5.97 Å². The molecule has 1 N–H and O–H groups in total. The number of aliphatic carboxylic acids is 1. The third kappa shape index (κ3) is 6.29. The van der Waals surface area contributed by atoms with Gasteiger partial charge in [-0.25, -0.2) is 0 Å². The highest BCUT2D eigenvalue weighted by atomic mass is 16.4. The Morgan fingerprint density at radius 1 is 1.29 bits per heavy atom. The number of rotatable bonds is 7. The van der Waals surface area contributed by atoms with Gasteiger partial charge in [0.15, 0.2) is 0 Å². The van der Waals surface area contributed by atoms with Gasteiger partial charge in [-0.05, 0) is 18.8 Å². The second kappa shape index (κ2) is 6.62. The van der Waals surface area contributed by atoms with E-state index in [9.17, 15) is 9.59 Å². The summed E-state index contributed by atoms with van der Waals surface area (Å²) in [6.07, 6.45) is 2.32. The highest BCUT2D eigenvalue weighted by Crippen LogP contribution is 2.26. The molecule has 0 fully saturated rings. The zero-order chi connectivity index (χ0) is 13.6. The Hall–Kier alpha value is -1.06. The van der Waals surface area contributed by atoms with Crippen LogP contribution in [0.4, 0.5) is 0 Å². The number of carboxylic acids is 1. The molecular weight excluding hydrogens is 218 g/mol. The maximum absolute atomic E-state index is 12.0. The van der Waals surface area contributed by atoms with Crippen LogP contribution in [0.3, 0.4) is 0 Å². The highest BCUT2D eigenvalue weighted by Gasteiger charge is 2.27. The number of hydrogen-bond donors (Lipinski definition) is 1. The summed E-state index contributed by atoms with van der Waals surface area (Å²) in [5.41, 5.74) is -0.483. The summed E-state index contributed by atoms with van der Waals surface area (Å²) < 4.78 is 0. The Morgan fingerprint density at radius 3 is 2.24 bits per heavy atom. The molecule has 0 heterocycles. The van der Waals surface area contributed by atoms with E-state index in [1.807, 2.05) is 20.8 Å². The average Bonchev–Trinajstić information content (AvgIpc) is 2.13. The zero-order valence-electron chi connectivity index (χ0n) is 11.6. The van der Waals surface area contributed by atoms with Crippen LogP contribution in [0.5, 0.6) is 0 Å². The maximum atomic E-state index is 12.0. The molecule has 0 radical (unpaired) electrons. The SMILES string of the molecule is CCCC(C)N(C)C(=O)CC(C)(C)CC(=O)O. The van der Waals surface area contributed by atoms with Crippen LogP contribution in [-0.2, 0) is 9.59 Å². The molecule has 1 atom stereocenters. The summed E-state index contributed by atoms with van der Waals surface area (Å²) in [6, 6.07) is 0.216. The molecule has 17 heavy (non-hydrogen) atoms. The first kappa shape index (κ1) is 15.9. The largest absolute Gasteiger partial charge is 0.481 e. The third-order valence-corrected chi connectivity index (χ3v) is 3.02. The lowest BCUT2D eigenvalue weighted by atomic mass is 9.85. The summed E-state index contributed by atoms with van der Waals surface area (Å²) in [5, 5.41) is 8.77. The summed E-state index contributed by atoms with van der Waals surface area (Å²) >= 11 is 0. The molecule has 4 heteroatoms. The number of amides is 1. The van der Waals surface area contributed by atoms with Gasteiger partial charge < -0.3 is 10.0 Å². The smallest absolute Gasteiger partial charge is 0.303 e. The zero-order valence-corrected chi connectivity index (χ0v) is 11.6. The molecule has 0 aromatic carbocycles. The molecule has 0 spiro atoms. The van der Waals surface area contributed by atoms with Crippen molar-refractivity contribution in [3.8, 4) is 0 Å². The van der Waals surface area contributed by atoms with Crippen LogP contribution in [0.15, 0.2) is 0 Å². The molecule has 0 aromatic rings. The van der Waals surface area contributed by atoms with Gasteiger partial charge in [-0.3, -0.25) is 9.59 Å². The fourth-order valence-electron chi connectivity index (χ4n) is 1.86. The van der Waals surface area contributed by atoms with Gasteiger partial charge in [0.05, 0.1) is 6.42 Å². The van der Waals surface area contributed by atoms with E-state index in [0.717, 1.165) is 12.8 Å². The molecule has 4 nitrogen and oxygen atoms in total. The van der Waals surface area contributed by atoms with Crippen LogP contribution in [0.1, 0.15) is 53.4 Å². The second-order valence-electron chi connectivity index (χ2n) is 5.55. The van der Waals surface area contributed by atoms with E-state index in [-0.39, 0.29) is 24.8 Å². The molecule has 0 aromatic heterocycles. The van der Waals surface area contributed by atoms with Crippen molar-refractivity contribution < 1.29 is 14.7 Å². The van der Waals surface area contributed by atoms with Gasteiger partial charge in [0.2, 0.25) is 5.91 Å². The molecule has 0 aliphatic rings. The van der Waals surface area contributed by atoms with Crippen LogP contribution in [-0.4, -0.2) is 35.0 Å². The van der Waals surface area contributed by atoms with Crippen molar-refractivity contribution in [1.29, 1.82) is 0 Å². The van der Waals surface area contributed by atoms with Crippen LogP contribution < -0.4 is 0 Å². The van der Waals surface area contributed by atoms with Crippen LogP contribution in [0.2, 0.25) is 0 Å². The van der Waals surface area contributed by atoms with E-state index in [1.165, 1.54) is 0 Å². The Bertz CT molecular complexity index is 274. The van der Waals surface area contributed by atoms with E-state index in [0.29, 0.717) is 0 Å². The molecule has 0 bridgehead atoms. The molecular formula is C13H25NO3. The van der Waals surface area contributed by atoms with Crippen LogP contribution >= 0.6 is 0 Å². The van der Waals surface area contributed by atoms with E-state index in [1.54, 1.807) is 11.9 Å². The predicted octanol–water partition coefficient (Wildman–Crippen LogP) is 2.52. The fourth-order valence-corrected chi connectivity index (χ4v) is 1.86. The van der Waals surface area contributed by atoms with Gasteiger partial charge in [0, 0.05) is 19.5 Å². The van der Waals surface area contributed by atoms with Gasteiger partial charge in [0.25, 0.3) is 0 Å². The van der Waals surface area contributed by atoms with Gasteiger partial charge in [-0.2, -0.15) is 0 Å². The Balaban J connectivity index is 4.37. The van der Waals surface area contributed by atoms with Crippen molar-refractivity contribution in [3.63, 3.8) is 0 Å². The quantitative estimate of drug-likeness (QED) is 0.747. The summed E-state index contributed by atoms with van der Waals surface area (Å²) in [5.74, 6) is -0.829. The number of carbonyl (C=O) groups excluding carboxylic acids is 1. The van der Waals surface area contributed by atoms with Gasteiger partial charge in [-0.1, -0.05) is 27.2 Å². The maximum Gasteiger partial charge on any atom is 0.303 e. The standard InChI is InChI=1S/C13H25NO3/c1-6-7-10(2)14(5)11(15)8-13(3,4)9-12(16)17/h10H,6-9H2,1-5H3,(H,16,17). The summed E-state index contributed by atoms with van der Waals surface area (Å²) in [7, 11) is 1.79. The molecule has 0 aliphatic carbocycles. The van der Waals surface area contributed by atoms with Gasteiger partial charge in [-0.15, -0.1) is 0 Å². The molecule has 100 valence electrons. The van der Waals surface area contributed by atoms with Crippen molar-refractivity contribution in [2.75, 3.05) is 7.05 Å².